The normalized spacial score (nSPS) is 10.9. The van der Waals surface area contributed by atoms with E-state index in [-0.39, 0.29) is 0 Å². The Labute approximate surface area is 121 Å². The third-order valence-electron chi connectivity index (χ3n) is 3.33. The van der Waals surface area contributed by atoms with Gasteiger partial charge in [0.25, 0.3) is 0 Å². The third kappa shape index (κ3) is 2.30. The number of nitrogens with zero attached hydrogens (tertiary/aromatic N) is 2. The Morgan fingerprint density at radius 1 is 0.762 bits per heavy atom. The molecule has 4 aromatic rings. The molecule has 0 aliphatic heterocycles. The summed E-state index contributed by atoms with van der Waals surface area (Å²) in [6, 6.07) is 21.8. The van der Waals surface area contributed by atoms with E-state index in [0.29, 0.717) is 11.8 Å². The molecule has 0 saturated carbocycles. The summed E-state index contributed by atoms with van der Waals surface area (Å²) in [5.74, 6) is 0.615. The molecular formula is C18H11N2O. The quantitative estimate of drug-likeness (QED) is 0.508. The van der Waals surface area contributed by atoms with Crippen LogP contribution in [0.15, 0.2) is 67.0 Å². The van der Waals surface area contributed by atoms with Gasteiger partial charge in [0.2, 0.25) is 0 Å². The Hall–Kier alpha value is -2.94. The first-order valence-corrected chi connectivity index (χ1v) is 6.68. The summed E-state index contributed by atoms with van der Waals surface area (Å²) in [7, 11) is 0. The van der Waals surface area contributed by atoms with Crippen molar-refractivity contribution < 1.29 is 4.74 Å². The molecule has 0 atom stereocenters. The molecule has 0 aliphatic rings. The fourth-order valence-corrected chi connectivity index (χ4v) is 2.34. The van der Waals surface area contributed by atoms with Gasteiger partial charge in [-0.2, -0.15) is 0 Å². The van der Waals surface area contributed by atoms with Crippen LogP contribution in [0.25, 0.3) is 21.5 Å². The Morgan fingerprint density at radius 2 is 1.52 bits per heavy atom. The average molecular weight is 271 g/mol. The SMILES string of the molecule is [c]1c(Oc2ncccn2)ccc2cc3ccccc3cc12. The summed E-state index contributed by atoms with van der Waals surface area (Å²) >= 11 is 0. The molecule has 3 nitrogen and oxygen atoms in total. The van der Waals surface area contributed by atoms with Crippen LogP contribution in [0.5, 0.6) is 11.8 Å². The molecule has 21 heavy (non-hydrogen) atoms. The molecule has 1 heterocycles. The first-order chi connectivity index (χ1) is 10.4. The smallest absolute Gasteiger partial charge is 0.321 e. The van der Waals surface area contributed by atoms with Gasteiger partial charge in [0, 0.05) is 18.5 Å². The second-order valence-corrected chi connectivity index (χ2v) is 4.74. The first kappa shape index (κ1) is 11.9. The standard InChI is InChI=1S/C18H11N2O/c1-2-5-14-11-16-12-17(21-18-19-8-3-9-20-18)7-6-15(16)10-13(14)4-1/h1-11H. The third-order valence-corrected chi connectivity index (χ3v) is 3.33. The Bertz CT molecular complexity index is 920. The van der Waals surface area contributed by atoms with Crippen LogP contribution in [0, 0.1) is 6.07 Å². The van der Waals surface area contributed by atoms with Crippen molar-refractivity contribution in [2.45, 2.75) is 0 Å². The van der Waals surface area contributed by atoms with Crippen molar-refractivity contribution in [3.05, 3.63) is 73.1 Å². The number of benzene rings is 3. The van der Waals surface area contributed by atoms with Gasteiger partial charge in [-0.1, -0.05) is 30.3 Å². The van der Waals surface area contributed by atoms with Crippen LogP contribution < -0.4 is 4.74 Å². The maximum Gasteiger partial charge on any atom is 0.321 e. The topological polar surface area (TPSA) is 35.0 Å². The highest BCUT2D eigenvalue weighted by Gasteiger charge is 2.03. The predicted octanol–water partition coefficient (Wildman–Crippen LogP) is 4.38. The predicted molar refractivity (Wildman–Crippen MR) is 82.4 cm³/mol. The lowest BCUT2D eigenvalue weighted by molar-refractivity contribution is 0.441. The second-order valence-electron chi connectivity index (χ2n) is 4.74. The van der Waals surface area contributed by atoms with Gasteiger partial charge in [-0.15, -0.1) is 0 Å². The number of rotatable bonds is 2. The Balaban J connectivity index is 1.80. The van der Waals surface area contributed by atoms with Gasteiger partial charge < -0.3 is 4.74 Å². The molecule has 0 N–H and O–H groups in total. The molecule has 4 rings (SSSR count). The number of aromatic nitrogens is 2. The molecule has 0 fully saturated rings. The number of hydrogen-bond acceptors (Lipinski definition) is 3. The fraction of sp³-hybridized carbons (Fsp3) is 0. The molecular weight excluding hydrogens is 260 g/mol. The lowest BCUT2D eigenvalue weighted by atomic mass is 10.0. The Morgan fingerprint density at radius 3 is 2.33 bits per heavy atom. The van der Waals surface area contributed by atoms with Crippen LogP contribution in [-0.4, -0.2) is 9.97 Å². The van der Waals surface area contributed by atoms with Gasteiger partial charge in [-0.05, 0) is 45.8 Å². The largest absolute Gasteiger partial charge is 0.424 e. The lowest BCUT2D eigenvalue weighted by Crippen LogP contribution is -1.90. The first-order valence-electron chi connectivity index (χ1n) is 6.68. The van der Waals surface area contributed by atoms with E-state index >= 15 is 0 Å². The molecule has 1 radical (unpaired) electrons. The van der Waals surface area contributed by atoms with Crippen molar-refractivity contribution in [2.75, 3.05) is 0 Å². The molecule has 3 aromatic carbocycles. The minimum Gasteiger partial charge on any atom is -0.424 e. The van der Waals surface area contributed by atoms with Gasteiger partial charge in [0.1, 0.15) is 5.75 Å². The van der Waals surface area contributed by atoms with Gasteiger partial charge in [-0.3, -0.25) is 0 Å². The van der Waals surface area contributed by atoms with Crippen LogP contribution in [0.3, 0.4) is 0 Å². The molecule has 1 aromatic heterocycles. The van der Waals surface area contributed by atoms with E-state index in [9.17, 15) is 0 Å². The molecule has 0 unspecified atom stereocenters. The van der Waals surface area contributed by atoms with Crippen LogP contribution >= 0.6 is 0 Å². The van der Waals surface area contributed by atoms with E-state index in [0.717, 1.165) is 10.8 Å². The minimum absolute atomic E-state index is 0.328. The zero-order valence-electron chi connectivity index (χ0n) is 11.2. The zero-order chi connectivity index (χ0) is 14.1. The molecule has 99 valence electrons. The highest BCUT2D eigenvalue weighted by Crippen LogP contribution is 2.27. The summed E-state index contributed by atoms with van der Waals surface area (Å²) in [6.45, 7) is 0. The van der Waals surface area contributed by atoms with Crippen molar-refractivity contribution in [1.82, 2.24) is 9.97 Å². The molecule has 0 bridgehead atoms. The fourth-order valence-electron chi connectivity index (χ4n) is 2.34. The van der Waals surface area contributed by atoms with E-state index in [1.807, 2.05) is 24.3 Å². The second kappa shape index (κ2) is 4.87. The van der Waals surface area contributed by atoms with E-state index in [1.165, 1.54) is 10.8 Å². The van der Waals surface area contributed by atoms with Crippen molar-refractivity contribution in [2.24, 2.45) is 0 Å². The number of hydrogen-bond donors (Lipinski definition) is 0. The summed E-state index contributed by atoms with van der Waals surface area (Å²) < 4.78 is 5.62. The van der Waals surface area contributed by atoms with Crippen molar-refractivity contribution in [3.63, 3.8) is 0 Å². The molecule has 3 heteroatoms. The molecule has 0 saturated heterocycles. The maximum atomic E-state index is 5.62. The minimum atomic E-state index is 0.328. The summed E-state index contributed by atoms with van der Waals surface area (Å²) in [5.41, 5.74) is 0. The molecule has 0 amide bonds. The Kier molecular flexibility index (Phi) is 2.75. The summed E-state index contributed by atoms with van der Waals surface area (Å²) in [5, 5.41) is 4.56. The van der Waals surface area contributed by atoms with Crippen molar-refractivity contribution >= 4 is 21.5 Å². The highest BCUT2D eigenvalue weighted by molar-refractivity contribution is 5.98. The van der Waals surface area contributed by atoms with Crippen LogP contribution in [0.2, 0.25) is 0 Å². The monoisotopic (exact) mass is 271 g/mol. The van der Waals surface area contributed by atoms with Crippen molar-refractivity contribution in [1.29, 1.82) is 0 Å². The molecule has 0 aliphatic carbocycles. The number of ether oxygens (including phenoxy) is 1. The summed E-state index contributed by atoms with van der Waals surface area (Å²) in [6.07, 6.45) is 3.30. The van der Waals surface area contributed by atoms with E-state index < -0.39 is 0 Å². The van der Waals surface area contributed by atoms with E-state index in [1.54, 1.807) is 18.5 Å². The average Bonchev–Trinajstić information content (AvgIpc) is 2.54. The van der Waals surface area contributed by atoms with Gasteiger partial charge >= 0.3 is 6.01 Å². The van der Waals surface area contributed by atoms with Gasteiger partial charge in [0.05, 0.1) is 0 Å². The van der Waals surface area contributed by atoms with Crippen LogP contribution in [-0.2, 0) is 0 Å². The number of fused-ring (bicyclic) bond motifs is 2. The zero-order valence-corrected chi connectivity index (χ0v) is 11.2. The highest BCUT2D eigenvalue weighted by atomic mass is 16.5. The molecule has 0 spiro atoms. The van der Waals surface area contributed by atoms with Crippen molar-refractivity contribution in [3.8, 4) is 11.8 Å². The van der Waals surface area contributed by atoms with Gasteiger partial charge in [0.15, 0.2) is 0 Å². The van der Waals surface area contributed by atoms with E-state index in [4.69, 9.17) is 4.74 Å². The van der Waals surface area contributed by atoms with Gasteiger partial charge in [-0.25, -0.2) is 9.97 Å². The van der Waals surface area contributed by atoms with E-state index in [2.05, 4.69) is 40.3 Å². The maximum absolute atomic E-state index is 5.62. The van der Waals surface area contributed by atoms with Crippen LogP contribution in [0.4, 0.5) is 0 Å². The summed E-state index contributed by atoms with van der Waals surface area (Å²) in [4.78, 5) is 8.10. The lowest BCUT2D eigenvalue weighted by Gasteiger charge is -2.05. The van der Waals surface area contributed by atoms with Crippen LogP contribution in [0.1, 0.15) is 0 Å².